The van der Waals surface area contributed by atoms with E-state index in [2.05, 4.69) is 45.7 Å². The molecule has 1 aliphatic heterocycles. The van der Waals surface area contributed by atoms with Crippen molar-refractivity contribution in [1.82, 2.24) is 0 Å². The van der Waals surface area contributed by atoms with Gasteiger partial charge in [0.05, 0.1) is 19.3 Å². The number of halogens is 2. The summed E-state index contributed by atoms with van der Waals surface area (Å²) in [7, 11) is 0. The Balaban J connectivity index is 1.96. The van der Waals surface area contributed by atoms with E-state index in [1.165, 1.54) is 0 Å². The van der Waals surface area contributed by atoms with Crippen LogP contribution >= 0.6 is 31.9 Å². The molecule has 0 bridgehead atoms. The number of alkyl halides is 1. The summed E-state index contributed by atoms with van der Waals surface area (Å²) in [6, 6.07) is 3.91. The number of fused-ring (bicyclic) bond motifs is 1. The molecule has 0 N–H and O–H groups in total. The number of rotatable bonds is 9. The Bertz CT molecular complexity index is 479. The highest BCUT2D eigenvalue weighted by Crippen LogP contribution is 2.41. The minimum atomic E-state index is -0.0846. The summed E-state index contributed by atoms with van der Waals surface area (Å²) in [5.74, 6) is 1.53. The van der Waals surface area contributed by atoms with E-state index in [0.717, 1.165) is 41.0 Å². The number of hydrogen-bond acceptors (Lipinski definition) is 4. The van der Waals surface area contributed by atoms with Gasteiger partial charge in [-0.3, -0.25) is 0 Å². The van der Waals surface area contributed by atoms with Crippen LogP contribution in [0.25, 0.3) is 0 Å². The summed E-state index contributed by atoms with van der Waals surface area (Å²) < 4.78 is 23.4. The van der Waals surface area contributed by atoms with E-state index in [4.69, 9.17) is 18.9 Å². The van der Waals surface area contributed by atoms with Gasteiger partial charge < -0.3 is 18.9 Å². The van der Waals surface area contributed by atoms with Crippen molar-refractivity contribution >= 4 is 31.9 Å². The molecule has 6 heteroatoms. The van der Waals surface area contributed by atoms with Crippen LogP contribution in [0.4, 0.5) is 0 Å². The molecule has 0 fully saturated rings. The zero-order valence-electron chi connectivity index (χ0n) is 12.9. The van der Waals surface area contributed by atoms with Gasteiger partial charge in [-0.05, 0) is 25.5 Å². The van der Waals surface area contributed by atoms with Gasteiger partial charge >= 0.3 is 0 Å². The van der Waals surface area contributed by atoms with E-state index >= 15 is 0 Å². The Morgan fingerprint density at radius 1 is 1.18 bits per heavy atom. The topological polar surface area (TPSA) is 36.9 Å². The molecule has 0 radical (unpaired) electrons. The van der Waals surface area contributed by atoms with Crippen molar-refractivity contribution in [2.45, 2.75) is 37.6 Å². The summed E-state index contributed by atoms with van der Waals surface area (Å²) in [6.45, 7) is 6.46. The van der Waals surface area contributed by atoms with Gasteiger partial charge in [-0.25, -0.2) is 0 Å². The van der Waals surface area contributed by atoms with Crippen molar-refractivity contribution in [1.29, 1.82) is 0 Å². The van der Waals surface area contributed by atoms with Crippen LogP contribution in [0.3, 0.4) is 0 Å². The van der Waals surface area contributed by atoms with Crippen molar-refractivity contribution in [3.8, 4) is 11.5 Å². The van der Waals surface area contributed by atoms with E-state index in [9.17, 15) is 0 Å². The monoisotopic (exact) mass is 436 g/mol. The highest BCUT2D eigenvalue weighted by atomic mass is 79.9. The fourth-order valence-electron chi connectivity index (χ4n) is 2.20. The highest BCUT2D eigenvalue weighted by Gasteiger charge is 2.24. The number of hydrogen-bond donors (Lipinski definition) is 0. The lowest BCUT2D eigenvalue weighted by Crippen LogP contribution is -2.17. The first kappa shape index (κ1) is 18.0. The fraction of sp³-hybridized carbons (Fsp3) is 0.625. The van der Waals surface area contributed by atoms with Crippen molar-refractivity contribution in [3.05, 3.63) is 22.2 Å². The van der Waals surface area contributed by atoms with Crippen molar-refractivity contribution in [2.75, 3.05) is 26.6 Å². The average Bonchev–Trinajstić information content (AvgIpc) is 2.93. The molecule has 0 amide bonds. The van der Waals surface area contributed by atoms with Gasteiger partial charge in [0.2, 0.25) is 6.79 Å². The first-order chi connectivity index (χ1) is 10.6. The molecule has 1 aromatic rings. The Morgan fingerprint density at radius 2 is 1.91 bits per heavy atom. The molecule has 0 saturated carbocycles. The first-order valence-electron chi connectivity index (χ1n) is 7.56. The van der Waals surface area contributed by atoms with E-state index in [0.29, 0.717) is 13.2 Å². The summed E-state index contributed by atoms with van der Waals surface area (Å²) >= 11 is 7.22. The maximum absolute atomic E-state index is 6.01. The Labute approximate surface area is 148 Å². The number of ether oxygens (including phenoxy) is 4. The zero-order valence-corrected chi connectivity index (χ0v) is 16.1. The lowest BCUT2D eigenvalue weighted by molar-refractivity contribution is 0.00445. The Morgan fingerprint density at radius 3 is 2.59 bits per heavy atom. The second-order valence-corrected chi connectivity index (χ2v) is 7.46. The van der Waals surface area contributed by atoms with Gasteiger partial charge in [0, 0.05) is 21.5 Å². The van der Waals surface area contributed by atoms with Crippen molar-refractivity contribution in [2.24, 2.45) is 0 Å². The smallest absolute Gasteiger partial charge is 0.231 e. The number of benzene rings is 1. The van der Waals surface area contributed by atoms with Gasteiger partial charge in [0.15, 0.2) is 11.5 Å². The quantitative estimate of drug-likeness (QED) is 0.409. The lowest BCUT2D eigenvalue weighted by atomic mass is 10.1. The van der Waals surface area contributed by atoms with Gasteiger partial charge in [0.25, 0.3) is 0 Å². The molecule has 0 aliphatic carbocycles. The largest absolute Gasteiger partial charge is 0.454 e. The van der Waals surface area contributed by atoms with Crippen molar-refractivity contribution in [3.63, 3.8) is 0 Å². The molecule has 4 nitrogen and oxygen atoms in total. The molecule has 1 aromatic carbocycles. The second-order valence-electron chi connectivity index (χ2n) is 5.16. The zero-order chi connectivity index (χ0) is 15.9. The van der Waals surface area contributed by atoms with Gasteiger partial charge in [-0.1, -0.05) is 45.2 Å². The molecule has 2 atom stereocenters. The Hall–Kier alpha value is -0.300. The standard InChI is InChI=1S/C16H22Br2O4/c1-3-4-5-19-6-7-20-16(11(2)17)12-8-14-15(9-13(12)18)22-10-21-14/h8-9,11,16H,3-7,10H2,1-2H3/t11-,16+/m0/s1. The molecule has 2 rings (SSSR count). The third-order valence-corrected chi connectivity index (χ3v) is 4.55. The predicted octanol–water partition coefficient (Wildman–Crippen LogP) is 4.84. The van der Waals surface area contributed by atoms with Crippen LogP contribution in [0.1, 0.15) is 38.4 Å². The SMILES string of the molecule is CCCCOCCO[C@@H](c1cc2c(cc1Br)OCO2)[C@H](C)Br. The van der Waals surface area contributed by atoms with Crippen LogP contribution < -0.4 is 9.47 Å². The molecular formula is C16H22Br2O4. The highest BCUT2D eigenvalue weighted by molar-refractivity contribution is 9.10. The maximum atomic E-state index is 6.01. The van der Waals surface area contributed by atoms with Gasteiger partial charge in [0.1, 0.15) is 0 Å². The van der Waals surface area contributed by atoms with Crippen LogP contribution in [0.2, 0.25) is 0 Å². The maximum Gasteiger partial charge on any atom is 0.231 e. The summed E-state index contributed by atoms with van der Waals surface area (Å²) in [4.78, 5) is 0.166. The molecule has 0 aromatic heterocycles. The average molecular weight is 438 g/mol. The van der Waals surface area contributed by atoms with Gasteiger partial charge in [-0.2, -0.15) is 0 Å². The third-order valence-electron chi connectivity index (χ3n) is 3.38. The van der Waals surface area contributed by atoms with Crippen molar-refractivity contribution < 1.29 is 18.9 Å². The fourth-order valence-corrected chi connectivity index (χ4v) is 3.19. The minimum absolute atomic E-state index is 0.0846. The summed E-state index contributed by atoms with van der Waals surface area (Å²) in [5, 5.41) is 0. The molecule has 124 valence electrons. The molecule has 0 unspecified atom stereocenters. The van der Waals surface area contributed by atoms with Crippen LogP contribution in [0.15, 0.2) is 16.6 Å². The van der Waals surface area contributed by atoms with E-state index < -0.39 is 0 Å². The summed E-state index contributed by atoms with van der Waals surface area (Å²) in [6.07, 6.45) is 2.15. The molecular weight excluding hydrogens is 416 g/mol. The van der Waals surface area contributed by atoms with Crippen LogP contribution in [-0.4, -0.2) is 31.4 Å². The van der Waals surface area contributed by atoms with E-state index in [1.807, 2.05) is 12.1 Å². The summed E-state index contributed by atoms with van der Waals surface area (Å²) in [5.41, 5.74) is 1.04. The third kappa shape index (κ3) is 4.85. The van der Waals surface area contributed by atoms with Gasteiger partial charge in [-0.15, -0.1) is 0 Å². The lowest BCUT2D eigenvalue weighted by Gasteiger charge is -2.22. The first-order valence-corrected chi connectivity index (χ1v) is 9.26. The van der Waals surface area contributed by atoms with Crippen LogP contribution in [-0.2, 0) is 9.47 Å². The Kier molecular flexibility index (Phi) is 7.47. The predicted molar refractivity (Wildman–Crippen MR) is 93.1 cm³/mol. The molecule has 0 saturated heterocycles. The number of unbranched alkanes of at least 4 members (excludes halogenated alkanes) is 1. The molecule has 0 spiro atoms. The van der Waals surface area contributed by atoms with Crippen LogP contribution in [0, 0.1) is 0 Å². The molecule has 22 heavy (non-hydrogen) atoms. The van der Waals surface area contributed by atoms with E-state index in [1.54, 1.807) is 0 Å². The second kappa shape index (κ2) is 9.11. The van der Waals surface area contributed by atoms with E-state index in [-0.39, 0.29) is 17.7 Å². The van der Waals surface area contributed by atoms with Crippen LogP contribution in [0.5, 0.6) is 11.5 Å². The minimum Gasteiger partial charge on any atom is -0.454 e. The molecule has 1 heterocycles. The normalized spacial score (nSPS) is 15.8. The molecule has 1 aliphatic rings.